The first-order valence-electron chi connectivity index (χ1n) is 9.73. The number of carbonyl (C=O) groups is 1. The molecule has 0 radical (unpaired) electrons. The van der Waals surface area contributed by atoms with E-state index in [9.17, 15) is 4.79 Å². The van der Waals surface area contributed by atoms with Crippen molar-refractivity contribution >= 4 is 11.6 Å². The topological polar surface area (TPSA) is 108 Å². The molecule has 1 fully saturated rings. The third-order valence-electron chi connectivity index (χ3n) is 5.13. The Morgan fingerprint density at radius 3 is 2.55 bits per heavy atom. The number of rotatable bonds is 6. The minimum Gasteiger partial charge on any atom is -0.381 e. The van der Waals surface area contributed by atoms with Gasteiger partial charge in [0.1, 0.15) is 5.54 Å². The summed E-state index contributed by atoms with van der Waals surface area (Å²) < 4.78 is 5.29. The molecule has 0 spiro atoms. The molecule has 150 valence electrons. The first kappa shape index (κ1) is 19.2. The maximum absolute atomic E-state index is 12.5. The molecule has 8 nitrogen and oxygen atoms in total. The van der Waals surface area contributed by atoms with Crippen LogP contribution in [0.5, 0.6) is 0 Å². The van der Waals surface area contributed by atoms with Crippen molar-refractivity contribution in [3.63, 3.8) is 0 Å². The number of nitrogens with one attached hydrogen (secondary N) is 1. The Morgan fingerprint density at radius 2 is 1.83 bits per heavy atom. The van der Waals surface area contributed by atoms with Gasteiger partial charge >= 0.3 is 0 Å². The minimum atomic E-state index is -0.855. The molecule has 2 heterocycles. The number of anilines is 1. The van der Waals surface area contributed by atoms with Crippen LogP contribution < -0.4 is 11.1 Å². The number of carbonyl (C=O) groups excluding carboxylic acids is 1. The fourth-order valence-corrected chi connectivity index (χ4v) is 3.24. The molecule has 8 heteroatoms. The van der Waals surface area contributed by atoms with Gasteiger partial charge in [-0.1, -0.05) is 42.5 Å². The summed E-state index contributed by atoms with van der Waals surface area (Å²) in [5.74, 6) is 0.460. The number of aryl methyl sites for hydroxylation is 2. The molecule has 0 atom stereocenters. The summed E-state index contributed by atoms with van der Waals surface area (Å²) >= 11 is 0. The zero-order valence-electron chi connectivity index (χ0n) is 16.1. The van der Waals surface area contributed by atoms with Crippen molar-refractivity contribution in [2.45, 2.75) is 31.3 Å². The Bertz CT molecular complexity index is 949. The molecule has 1 saturated heterocycles. The van der Waals surface area contributed by atoms with Gasteiger partial charge < -0.3 is 15.8 Å². The van der Waals surface area contributed by atoms with E-state index in [4.69, 9.17) is 10.5 Å². The fourth-order valence-electron chi connectivity index (χ4n) is 3.24. The number of tetrazole rings is 1. The molecule has 0 aliphatic carbocycles. The zero-order chi connectivity index (χ0) is 20.1. The van der Waals surface area contributed by atoms with Crippen LogP contribution in [-0.4, -0.2) is 44.9 Å². The predicted molar refractivity (Wildman–Crippen MR) is 109 cm³/mol. The molecule has 0 bridgehead atoms. The van der Waals surface area contributed by atoms with Crippen LogP contribution in [0.2, 0.25) is 0 Å². The molecule has 0 saturated carbocycles. The molecular formula is C21H24N6O2. The van der Waals surface area contributed by atoms with Gasteiger partial charge in [-0.15, -0.1) is 10.2 Å². The molecule has 1 aliphatic heterocycles. The van der Waals surface area contributed by atoms with E-state index < -0.39 is 5.54 Å². The molecule has 4 rings (SSSR count). The lowest BCUT2D eigenvalue weighted by Crippen LogP contribution is -2.54. The van der Waals surface area contributed by atoms with Gasteiger partial charge in [0.25, 0.3) is 0 Å². The van der Waals surface area contributed by atoms with Gasteiger partial charge in [-0.25, -0.2) is 0 Å². The number of aromatic nitrogens is 4. The average Bonchev–Trinajstić information content (AvgIpc) is 3.23. The van der Waals surface area contributed by atoms with Gasteiger partial charge in [0.15, 0.2) is 0 Å². The number of benzene rings is 2. The number of hydrogen-bond acceptors (Lipinski definition) is 6. The highest BCUT2D eigenvalue weighted by atomic mass is 16.5. The second-order valence-corrected chi connectivity index (χ2v) is 7.24. The molecule has 3 aromatic rings. The highest BCUT2D eigenvalue weighted by molar-refractivity contribution is 5.98. The number of hydrogen-bond donors (Lipinski definition) is 2. The number of nitrogens with zero attached hydrogens (tertiary/aromatic N) is 4. The van der Waals surface area contributed by atoms with E-state index >= 15 is 0 Å². The summed E-state index contributed by atoms with van der Waals surface area (Å²) in [6.45, 7) is 1.66. The Morgan fingerprint density at radius 1 is 1.10 bits per heavy atom. The maximum Gasteiger partial charge on any atom is 0.244 e. The summed E-state index contributed by atoms with van der Waals surface area (Å²) in [4.78, 5) is 14.1. The van der Waals surface area contributed by atoms with Gasteiger partial charge in [0, 0.05) is 24.5 Å². The first-order chi connectivity index (χ1) is 14.1. The number of amides is 1. The number of ether oxygens (including phenoxy) is 1. The van der Waals surface area contributed by atoms with Gasteiger partial charge in [0.2, 0.25) is 11.7 Å². The molecule has 2 aromatic carbocycles. The van der Waals surface area contributed by atoms with E-state index in [2.05, 4.69) is 20.7 Å². The summed E-state index contributed by atoms with van der Waals surface area (Å²) in [6.07, 6.45) is 1.83. The predicted octanol–water partition coefficient (Wildman–Crippen LogP) is 2.03. The van der Waals surface area contributed by atoms with Crippen LogP contribution in [0.4, 0.5) is 5.69 Å². The van der Waals surface area contributed by atoms with Gasteiger partial charge in [-0.3, -0.25) is 4.79 Å². The third-order valence-corrected chi connectivity index (χ3v) is 5.13. The summed E-state index contributed by atoms with van der Waals surface area (Å²) in [5, 5.41) is 15.6. The van der Waals surface area contributed by atoms with Crippen molar-refractivity contribution < 1.29 is 9.53 Å². The molecule has 1 aromatic heterocycles. The molecule has 29 heavy (non-hydrogen) atoms. The second kappa shape index (κ2) is 8.50. The van der Waals surface area contributed by atoms with E-state index in [1.165, 1.54) is 0 Å². The van der Waals surface area contributed by atoms with Crippen molar-refractivity contribution in [1.29, 1.82) is 0 Å². The largest absolute Gasteiger partial charge is 0.381 e. The highest BCUT2D eigenvalue weighted by Gasteiger charge is 2.35. The summed E-state index contributed by atoms with van der Waals surface area (Å²) in [5.41, 5.74) is 8.17. The average molecular weight is 392 g/mol. The Hall–Kier alpha value is -3.10. The SMILES string of the molecule is NC1(C(=O)Nc2ccc(CCn3nnc(-c4ccccc4)n3)cc2)CCOCC1. The quantitative estimate of drug-likeness (QED) is 0.665. The van der Waals surface area contributed by atoms with E-state index in [0.717, 1.165) is 23.2 Å². The van der Waals surface area contributed by atoms with E-state index in [-0.39, 0.29) is 5.91 Å². The van der Waals surface area contributed by atoms with Gasteiger partial charge in [-0.2, -0.15) is 4.80 Å². The third kappa shape index (κ3) is 4.67. The van der Waals surface area contributed by atoms with Crippen LogP contribution in [0.15, 0.2) is 54.6 Å². The molecule has 1 aliphatic rings. The van der Waals surface area contributed by atoms with Crippen LogP contribution in [-0.2, 0) is 22.5 Å². The minimum absolute atomic E-state index is 0.159. The van der Waals surface area contributed by atoms with Crippen LogP contribution >= 0.6 is 0 Å². The van der Waals surface area contributed by atoms with Crippen molar-refractivity contribution in [1.82, 2.24) is 20.2 Å². The molecule has 3 N–H and O–H groups in total. The monoisotopic (exact) mass is 392 g/mol. The van der Waals surface area contributed by atoms with Crippen LogP contribution in [0.1, 0.15) is 18.4 Å². The molecular weight excluding hydrogens is 368 g/mol. The van der Waals surface area contributed by atoms with Crippen LogP contribution in [0, 0.1) is 0 Å². The molecule has 0 unspecified atom stereocenters. The van der Waals surface area contributed by atoms with Gasteiger partial charge in [-0.05, 0) is 42.2 Å². The normalized spacial score (nSPS) is 15.8. The molecule has 1 amide bonds. The smallest absolute Gasteiger partial charge is 0.244 e. The lowest BCUT2D eigenvalue weighted by Gasteiger charge is -2.31. The van der Waals surface area contributed by atoms with Crippen molar-refractivity contribution in [2.24, 2.45) is 5.73 Å². The van der Waals surface area contributed by atoms with E-state index in [0.29, 0.717) is 38.4 Å². The zero-order valence-corrected chi connectivity index (χ0v) is 16.1. The van der Waals surface area contributed by atoms with Crippen LogP contribution in [0.25, 0.3) is 11.4 Å². The summed E-state index contributed by atoms with van der Waals surface area (Å²) in [6, 6.07) is 17.5. The van der Waals surface area contributed by atoms with Gasteiger partial charge in [0.05, 0.1) is 6.54 Å². The Kier molecular flexibility index (Phi) is 5.64. The maximum atomic E-state index is 12.5. The summed E-state index contributed by atoms with van der Waals surface area (Å²) in [7, 11) is 0. The lowest BCUT2D eigenvalue weighted by molar-refractivity contribution is -0.124. The van der Waals surface area contributed by atoms with Crippen LogP contribution in [0.3, 0.4) is 0 Å². The van der Waals surface area contributed by atoms with E-state index in [1.54, 1.807) is 4.80 Å². The Balaban J connectivity index is 1.32. The number of nitrogens with two attached hydrogens (primary N) is 1. The lowest BCUT2D eigenvalue weighted by atomic mass is 9.90. The van der Waals surface area contributed by atoms with Crippen molar-refractivity contribution in [3.8, 4) is 11.4 Å². The fraction of sp³-hybridized carbons (Fsp3) is 0.333. The highest BCUT2D eigenvalue weighted by Crippen LogP contribution is 2.20. The van der Waals surface area contributed by atoms with E-state index in [1.807, 2.05) is 54.6 Å². The van der Waals surface area contributed by atoms with Crippen molar-refractivity contribution in [3.05, 3.63) is 60.2 Å². The first-order valence-corrected chi connectivity index (χ1v) is 9.73. The second-order valence-electron chi connectivity index (χ2n) is 7.24. The van der Waals surface area contributed by atoms with Crippen molar-refractivity contribution in [2.75, 3.05) is 18.5 Å². The Labute approximate surface area is 169 Å². The standard InChI is InChI=1S/C21H24N6O2/c22-21(11-14-29-15-12-21)20(28)23-18-8-6-16(7-9-18)10-13-27-25-19(24-26-27)17-4-2-1-3-5-17/h1-9H,10-15,22H2,(H,23,28).